The van der Waals surface area contributed by atoms with Gasteiger partial charge in [-0.2, -0.15) is 0 Å². The Kier molecular flexibility index (Phi) is 11.9. The number of carbonyl (C=O) groups excluding carboxylic acids is 3. The molecule has 2 heterocycles. The number of aliphatic hydroxyl groups excluding tert-OH is 1. The Morgan fingerprint density at radius 1 is 1.15 bits per heavy atom. The van der Waals surface area contributed by atoms with Crippen LogP contribution in [-0.4, -0.2) is 108 Å². The van der Waals surface area contributed by atoms with Gasteiger partial charge in [0.05, 0.1) is 31.8 Å². The molecular formula is C29H49N5O7. The number of rotatable bonds is 10. The third-order valence-electron chi connectivity index (χ3n) is 6.43. The predicted molar refractivity (Wildman–Crippen MR) is 155 cm³/mol. The number of amides is 2. The van der Waals surface area contributed by atoms with Crippen molar-refractivity contribution >= 4 is 23.8 Å². The van der Waals surface area contributed by atoms with Crippen LogP contribution in [-0.2, 0) is 24.4 Å². The zero-order valence-electron chi connectivity index (χ0n) is 26.3. The van der Waals surface area contributed by atoms with Crippen LogP contribution in [0.2, 0.25) is 0 Å². The van der Waals surface area contributed by atoms with Gasteiger partial charge in [-0.05, 0) is 33.1 Å². The molecule has 41 heavy (non-hydrogen) atoms. The molecule has 2 amide bonds. The molecule has 1 fully saturated rings. The second kappa shape index (κ2) is 14.3. The number of hydrogen-bond acceptors (Lipinski definition) is 10. The third kappa shape index (κ3) is 10.1. The first-order chi connectivity index (χ1) is 19.0. The maximum absolute atomic E-state index is 14.3. The lowest BCUT2D eigenvalue weighted by molar-refractivity contribution is -0.148. The van der Waals surface area contributed by atoms with Crippen molar-refractivity contribution in [2.24, 2.45) is 11.8 Å². The molecule has 1 unspecified atom stereocenters. The Hall–Kier alpha value is -2.99. The monoisotopic (exact) mass is 579 g/mol. The SMILES string of the molecule is COCC(O)CNc1nc(C(C)(C)C)ncc1C(=O)N(CC(C)C)[C@H]1C[C@@H](C(=O)OC)CN(C(=O)OC(C)(C)C)C1. The summed E-state index contributed by atoms with van der Waals surface area (Å²) in [6, 6.07) is -0.496. The molecule has 0 bridgehead atoms. The maximum atomic E-state index is 14.3. The molecule has 12 nitrogen and oxygen atoms in total. The van der Waals surface area contributed by atoms with Crippen LogP contribution in [0.3, 0.4) is 0 Å². The number of piperidine rings is 1. The number of nitrogens with one attached hydrogen (secondary N) is 1. The molecule has 0 aliphatic carbocycles. The Balaban J connectivity index is 2.52. The molecule has 12 heteroatoms. The molecule has 232 valence electrons. The van der Waals surface area contributed by atoms with Gasteiger partial charge in [-0.15, -0.1) is 0 Å². The van der Waals surface area contributed by atoms with Gasteiger partial charge in [0, 0.05) is 44.9 Å². The molecule has 2 N–H and O–H groups in total. The standard InChI is InChI=1S/C29H49N5O7/c1-18(2)14-34(20-11-19(25(37)40-10)15-33(16-20)27(38)41-29(6,7)8)24(36)22-13-31-26(28(3,4)5)32-23(22)30-12-21(35)17-39-9/h13,18-21,35H,11-12,14-17H2,1-10H3,(H,30,31,32)/t19-,20+,21?/m1/s1. The van der Waals surface area contributed by atoms with Crippen LogP contribution >= 0.6 is 0 Å². The smallest absolute Gasteiger partial charge is 0.410 e. The highest BCUT2D eigenvalue weighted by molar-refractivity contribution is 5.98. The largest absolute Gasteiger partial charge is 0.469 e. The van der Waals surface area contributed by atoms with Crippen LogP contribution < -0.4 is 5.32 Å². The van der Waals surface area contributed by atoms with Gasteiger partial charge in [-0.25, -0.2) is 14.8 Å². The second-order valence-corrected chi connectivity index (χ2v) is 13.0. The molecule has 0 radical (unpaired) electrons. The van der Waals surface area contributed by atoms with E-state index in [1.54, 1.807) is 25.7 Å². The average molecular weight is 580 g/mol. The predicted octanol–water partition coefficient (Wildman–Crippen LogP) is 3.09. The number of likely N-dealkylation sites (tertiary alicyclic amines) is 1. The number of anilines is 1. The van der Waals surface area contributed by atoms with Crippen molar-refractivity contribution in [3.63, 3.8) is 0 Å². The first-order valence-corrected chi connectivity index (χ1v) is 14.1. The summed E-state index contributed by atoms with van der Waals surface area (Å²) in [5.74, 6) is -0.511. The lowest BCUT2D eigenvalue weighted by atomic mass is 9.92. The van der Waals surface area contributed by atoms with E-state index < -0.39 is 35.7 Å². The average Bonchev–Trinajstić information content (AvgIpc) is 2.87. The molecule has 1 saturated heterocycles. The summed E-state index contributed by atoms with van der Waals surface area (Å²) >= 11 is 0. The number of carbonyl (C=O) groups is 3. The van der Waals surface area contributed by atoms with E-state index in [9.17, 15) is 19.5 Å². The lowest BCUT2D eigenvalue weighted by Crippen LogP contribution is -2.57. The summed E-state index contributed by atoms with van der Waals surface area (Å²) in [7, 11) is 2.81. The van der Waals surface area contributed by atoms with E-state index in [1.807, 2.05) is 34.6 Å². The van der Waals surface area contributed by atoms with E-state index >= 15 is 0 Å². The van der Waals surface area contributed by atoms with Crippen molar-refractivity contribution in [3.8, 4) is 0 Å². The van der Waals surface area contributed by atoms with Crippen molar-refractivity contribution in [3.05, 3.63) is 17.6 Å². The molecule has 1 aromatic rings. The molecular weight excluding hydrogens is 530 g/mol. The van der Waals surface area contributed by atoms with E-state index in [4.69, 9.17) is 14.2 Å². The van der Waals surface area contributed by atoms with Gasteiger partial charge in [-0.1, -0.05) is 34.6 Å². The van der Waals surface area contributed by atoms with Crippen molar-refractivity contribution in [2.75, 3.05) is 52.3 Å². The van der Waals surface area contributed by atoms with Crippen LogP contribution in [0, 0.1) is 11.8 Å². The highest BCUT2D eigenvalue weighted by Gasteiger charge is 2.40. The number of methoxy groups -OCH3 is 2. The van der Waals surface area contributed by atoms with Crippen LogP contribution in [0.25, 0.3) is 0 Å². The second-order valence-electron chi connectivity index (χ2n) is 13.0. The Bertz CT molecular complexity index is 1050. The number of ether oxygens (including phenoxy) is 3. The summed E-state index contributed by atoms with van der Waals surface area (Å²) in [4.78, 5) is 52.3. The highest BCUT2D eigenvalue weighted by atomic mass is 16.6. The Morgan fingerprint density at radius 3 is 2.34 bits per heavy atom. The molecule has 0 spiro atoms. The van der Waals surface area contributed by atoms with Crippen LogP contribution in [0.5, 0.6) is 0 Å². The van der Waals surface area contributed by atoms with Crippen LogP contribution in [0.15, 0.2) is 6.20 Å². The fourth-order valence-corrected chi connectivity index (χ4v) is 4.56. The number of esters is 1. The summed E-state index contributed by atoms with van der Waals surface area (Å²) in [6.45, 7) is 16.1. The van der Waals surface area contributed by atoms with Gasteiger partial charge in [0.25, 0.3) is 5.91 Å². The third-order valence-corrected chi connectivity index (χ3v) is 6.43. The molecule has 1 aliphatic heterocycles. The van der Waals surface area contributed by atoms with Crippen molar-refractivity contribution in [1.29, 1.82) is 0 Å². The minimum atomic E-state index is -0.815. The normalized spacial score (nSPS) is 18.6. The van der Waals surface area contributed by atoms with Gasteiger partial charge >= 0.3 is 12.1 Å². The quantitative estimate of drug-likeness (QED) is 0.397. The van der Waals surface area contributed by atoms with E-state index in [2.05, 4.69) is 15.3 Å². The van der Waals surface area contributed by atoms with Crippen molar-refractivity contribution in [1.82, 2.24) is 19.8 Å². The summed E-state index contributed by atoms with van der Waals surface area (Å²) < 4.78 is 15.7. The topological polar surface area (TPSA) is 143 Å². The van der Waals surface area contributed by atoms with Crippen molar-refractivity contribution < 1.29 is 33.7 Å². The molecule has 2 rings (SSSR count). The number of nitrogens with zero attached hydrogens (tertiary/aromatic N) is 4. The summed E-state index contributed by atoms with van der Waals surface area (Å²) in [5.41, 5.74) is -0.878. The van der Waals surface area contributed by atoms with E-state index in [-0.39, 0.29) is 49.0 Å². The van der Waals surface area contributed by atoms with Crippen LogP contribution in [0.1, 0.15) is 78.0 Å². The number of aromatic nitrogens is 2. The van der Waals surface area contributed by atoms with Gasteiger partial charge in [0.2, 0.25) is 0 Å². The fraction of sp³-hybridized carbons (Fsp3) is 0.759. The number of aliphatic hydroxyl groups is 1. The molecule has 1 aliphatic rings. The zero-order chi connectivity index (χ0) is 31.1. The molecule has 0 saturated carbocycles. The minimum Gasteiger partial charge on any atom is -0.469 e. The summed E-state index contributed by atoms with van der Waals surface area (Å²) in [5, 5.41) is 13.4. The summed E-state index contributed by atoms with van der Waals surface area (Å²) in [6.07, 6.45) is 0.450. The lowest BCUT2D eigenvalue weighted by Gasteiger charge is -2.42. The van der Waals surface area contributed by atoms with Gasteiger partial charge in [-0.3, -0.25) is 9.59 Å². The van der Waals surface area contributed by atoms with Crippen LogP contribution in [0.4, 0.5) is 10.6 Å². The van der Waals surface area contributed by atoms with E-state index in [0.717, 1.165) is 0 Å². The Labute approximate surface area is 244 Å². The zero-order valence-corrected chi connectivity index (χ0v) is 26.3. The minimum absolute atomic E-state index is 0.0853. The maximum Gasteiger partial charge on any atom is 0.410 e. The van der Waals surface area contributed by atoms with Gasteiger partial charge < -0.3 is 34.4 Å². The fourth-order valence-electron chi connectivity index (χ4n) is 4.56. The number of hydrogen-bond donors (Lipinski definition) is 2. The highest BCUT2D eigenvalue weighted by Crippen LogP contribution is 2.28. The molecule has 1 aromatic heterocycles. The van der Waals surface area contributed by atoms with Gasteiger partial charge in [0.1, 0.15) is 22.8 Å². The van der Waals surface area contributed by atoms with E-state index in [0.29, 0.717) is 24.6 Å². The first-order valence-electron chi connectivity index (χ1n) is 14.1. The van der Waals surface area contributed by atoms with E-state index in [1.165, 1.54) is 25.3 Å². The molecule has 0 aromatic carbocycles. The Morgan fingerprint density at radius 2 is 1.80 bits per heavy atom. The van der Waals surface area contributed by atoms with Gasteiger partial charge in [0.15, 0.2) is 0 Å². The van der Waals surface area contributed by atoms with Crippen molar-refractivity contribution in [2.45, 2.75) is 85.0 Å². The first kappa shape index (κ1) is 34.2. The molecule has 3 atom stereocenters.